The molecule has 1 aromatic carbocycles. The molecule has 4 amide bonds. The maximum Gasteiger partial charge on any atom is 0.325 e. The van der Waals surface area contributed by atoms with E-state index in [0.717, 1.165) is 4.90 Å². The molecule has 154 valence electrons. The normalized spacial score (nSPS) is 27.3. The molecule has 0 aliphatic carbocycles. The van der Waals surface area contributed by atoms with Crippen LogP contribution >= 0.6 is 12.4 Å². The minimum absolute atomic E-state index is 0. The van der Waals surface area contributed by atoms with Gasteiger partial charge in [-0.15, -0.1) is 12.4 Å². The number of nitrogens with one attached hydrogen (secondary N) is 2. The van der Waals surface area contributed by atoms with Crippen LogP contribution in [0.1, 0.15) is 26.3 Å². The molecule has 3 unspecified atom stereocenters. The molecule has 0 spiro atoms. The van der Waals surface area contributed by atoms with Gasteiger partial charge in [0.05, 0.1) is 7.11 Å². The molecule has 2 heterocycles. The highest BCUT2D eigenvalue weighted by Gasteiger charge is 2.50. The van der Waals surface area contributed by atoms with Crippen LogP contribution in [0, 0.1) is 0 Å². The van der Waals surface area contributed by atoms with E-state index in [9.17, 15) is 14.4 Å². The lowest BCUT2D eigenvalue weighted by Crippen LogP contribution is -2.59. The highest BCUT2D eigenvalue weighted by molar-refractivity contribution is 6.09. The molecule has 2 N–H and O–H groups in total. The van der Waals surface area contributed by atoms with Crippen LogP contribution in [0.4, 0.5) is 4.79 Å². The summed E-state index contributed by atoms with van der Waals surface area (Å²) < 4.78 is 5.13. The van der Waals surface area contributed by atoms with E-state index in [4.69, 9.17) is 4.74 Å². The molecule has 8 nitrogen and oxygen atoms in total. The standard InChI is InChI=1S/C19H26N4O4.ClH/c1-12-13(2)22(10-9-20-12)16(24)11-23-17(25)19(3,21-18(23)26)14-5-7-15(27-4)8-6-14;/h5-8,12-13,20H,9-11H2,1-4H3,(H,21,26);1H. The van der Waals surface area contributed by atoms with Crippen molar-refractivity contribution < 1.29 is 19.1 Å². The molecule has 1 aromatic rings. The van der Waals surface area contributed by atoms with E-state index < -0.39 is 17.5 Å². The summed E-state index contributed by atoms with van der Waals surface area (Å²) >= 11 is 0. The molecule has 0 aromatic heterocycles. The van der Waals surface area contributed by atoms with Gasteiger partial charge in [0.1, 0.15) is 17.8 Å². The summed E-state index contributed by atoms with van der Waals surface area (Å²) in [6.07, 6.45) is 0. The van der Waals surface area contributed by atoms with Gasteiger partial charge in [0.25, 0.3) is 5.91 Å². The number of nitrogens with zero attached hydrogens (tertiary/aromatic N) is 2. The van der Waals surface area contributed by atoms with Crippen molar-refractivity contribution in [1.82, 2.24) is 20.4 Å². The number of methoxy groups -OCH3 is 1. The summed E-state index contributed by atoms with van der Waals surface area (Å²) in [5.41, 5.74) is -0.563. The molecule has 2 fully saturated rings. The smallest absolute Gasteiger partial charge is 0.325 e. The van der Waals surface area contributed by atoms with Gasteiger partial charge >= 0.3 is 6.03 Å². The SMILES string of the molecule is COc1ccc(C2(C)NC(=O)N(CC(=O)N3CCNC(C)C3C)C2=O)cc1.Cl. The molecule has 9 heteroatoms. The third-order valence-electron chi connectivity index (χ3n) is 5.59. The summed E-state index contributed by atoms with van der Waals surface area (Å²) in [7, 11) is 1.56. The van der Waals surface area contributed by atoms with Crippen LogP contribution in [0.5, 0.6) is 5.75 Å². The second kappa shape index (κ2) is 8.36. The molecule has 0 radical (unpaired) electrons. The molecule has 3 atom stereocenters. The summed E-state index contributed by atoms with van der Waals surface area (Å²) in [6.45, 7) is 6.62. The third-order valence-corrected chi connectivity index (χ3v) is 5.59. The number of urea groups is 1. The van der Waals surface area contributed by atoms with Crippen molar-refractivity contribution in [3.05, 3.63) is 29.8 Å². The third kappa shape index (κ3) is 3.79. The Kier molecular flexibility index (Phi) is 6.56. The zero-order valence-electron chi connectivity index (χ0n) is 16.5. The topological polar surface area (TPSA) is 91.0 Å². The monoisotopic (exact) mass is 410 g/mol. The average molecular weight is 411 g/mol. The first-order chi connectivity index (χ1) is 12.8. The molecule has 2 saturated heterocycles. The maximum atomic E-state index is 13.0. The molecule has 2 aliphatic heterocycles. The molecular formula is C19H27ClN4O4. The van der Waals surface area contributed by atoms with Crippen molar-refractivity contribution in [3.8, 4) is 5.75 Å². The molecule has 0 saturated carbocycles. The van der Waals surface area contributed by atoms with E-state index in [-0.39, 0.29) is 36.9 Å². The Balaban J connectivity index is 0.00000280. The van der Waals surface area contributed by atoms with Gasteiger partial charge in [0, 0.05) is 25.2 Å². The first-order valence-corrected chi connectivity index (χ1v) is 9.09. The Morgan fingerprint density at radius 1 is 1.25 bits per heavy atom. The second-order valence-electron chi connectivity index (χ2n) is 7.25. The van der Waals surface area contributed by atoms with E-state index in [1.165, 1.54) is 0 Å². The van der Waals surface area contributed by atoms with Crippen LogP contribution in [0.15, 0.2) is 24.3 Å². The van der Waals surface area contributed by atoms with E-state index >= 15 is 0 Å². The minimum atomic E-state index is -1.20. The van der Waals surface area contributed by atoms with Gasteiger partial charge < -0.3 is 20.3 Å². The fourth-order valence-electron chi connectivity index (χ4n) is 3.60. The van der Waals surface area contributed by atoms with Gasteiger partial charge in [-0.05, 0) is 38.5 Å². The number of piperazine rings is 1. The Bertz CT molecular complexity index is 757. The van der Waals surface area contributed by atoms with Gasteiger partial charge in [0.15, 0.2) is 0 Å². The summed E-state index contributed by atoms with van der Waals surface area (Å²) in [5.74, 6) is 0.00755. The van der Waals surface area contributed by atoms with Crippen LogP contribution in [0.2, 0.25) is 0 Å². The number of hydrogen-bond acceptors (Lipinski definition) is 5. The Morgan fingerprint density at radius 2 is 1.89 bits per heavy atom. The number of halogens is 1. The number of carbonyl (C=O) groups is 3. The van der Waals surface area contributed by atoms with Crippen molar-refractivity contribution in [2.75, 3.05) is 26.7 Å². The van der Waals surface area contributed by atoms with E-state index in [2.05, 4.69) is 10.6 Å². The first kappa shape index (κ1) is 22.0. The Labute approximate surface area is 171 Å². The second-order valence-corrected chi connectivity index (χ2v) is 7.25. The van der Waals surface area contributed by atoms with Crippen LogP contribution in [-0.2, 0) is 15.1 Å². The van der Waals surface area contributed by atoms with Crippen LogP contribution < -0.4 is 15.4 Å². The zero-order chi connectivity index (χ0) is 19.8. The van der Waals surface area contributed by atoms with Gasteiger partial charge in [-0.1, -0.05) is 12.1 Å². The average Bonchev–Trinajstić information content (AvgIpc) is 2.88. The summed E-state index contributed by atoms with van der Waals surface area (Å²) in [6, 6.07) is 6.55. The fraction of sp³-hybridized carbons (Fsp3) is 0.526. The largest absolute Gasteiger partial charge is 0.497 e. The number of rotatable bonds is 4. The van der Waals surface area contributed by atoms with Crippen molar-refractivity contribution in [2.24, 2.45) is 0 Å². The van der Waals surface area contributed by atoms with Crippen molar-refractivity contribution in [3.63, 3.8) is 0 Å². The van der Waals surface area contributed by atoms with E-state index in [1.54, 1.807) is 43.2 Å². The van der Waals surface area contributed by atoms with Crippen LogP contribution in [0.3, 0.4) is 0 Å². The predicted octanol–water partition coefficient (Wildman–Crippen LogP) is 1.09. The summed E-state index contributed by atoms with van der Waals surface area (Å²) in [4.78, 5) is 40.9. The Hall–Kier alpha value is -2.32. The molecule has 3 rings (SSSR count). The molecule has 0 bridgehead atoms. The number of imide groups is 1. The van der Waals surface area contributed by atoms with Gasteiger partial charge in [-0.3, -0.25) is 14.5 Å². The maximum absolute atomic E-state index is 13.0. The number of carbonyl (C=O) groups excluding carboxylic acids is 3. The summed E-state index contributed by atoms with van der Waals surface area (Å²) in [5, 5.41) is 6.03. The fourth-order valence-corrected chi connectivity index (χ4v) is 3.60. The molecule has 2 aliphatic rings. The molecule has 28 heavy (non-hydrogen) atoms. The predicted molar refractivity (Wildman–Crippen MR) is 106 cm³/mol. The van der Waals surface area contributed by atoms with Gasteiger partial charge in [-0.2, -0.15) is 0 Å². The van der Waals surface area contributed by atoms with E-state index in [1.807, 2.05) is 13.8 Å². The lowest BCUT2D eigenvalue weighted by molar-refractivity contribution is -0.141. The number of amides is 4. The van der Waals surface area contributed by atoms with Crippen LogP contribution in [-0.4, -0.2) is 66.5 Å². The number of ether oxygens (including phenoxy) is 1. The highest BCUT2D eigenvalue weighted by Crippen LogP contribution is 2.30. The van der Waals surface area contributed by atoms with Crippen LogP contribution in [0.25, 0.3) is 0 Å². The van der Waals surface area contributed by atoms with Crippen molar-refractivity contribution in [1.29, 1.82) is 0 Å². The molecular weight excluding hydrogens is 384 g/mol. The highest BCUT2D eigenvalue weighted by atomic mass is 35.5. The lowest BCUT2D eigenvalue weighted by atomic mass is 9.92. The Morgan fingerprint density at radius 3 is 2.50 bits per heavy atom. The van der Waals surface area contributed by atoms with Crippen molar-refractivity contribution in [2.45, 2.75) is 38.4 Å². The zero-order valence-corrected chi connectivity index (χ0v) is 17.3. The first-order valence-electron chi connectivity index (χ1n) is 9.09. The number of benzene rings is 1. The van der Waals surface area contributed by atoms with Gasteiger partial charge in [0.2, 0.25) is 5.91 Å². The minimum Gasteiger partial charge on any atom is -0.497 e. The quantitative estimate of drug-likeness (QED) is 0.725. The number of hydrogen-bond donors (Lipinski definition) is 2. The lowest BCUT2D eigenvalue weighted by Gasteiger charge is -2.39. The van der Waals surface area contributed by atoms with E-state index in [0.29, 0.717) is 24.4 Å². The van der Waals surface area contributed by atoms with Crippen molar-refractivity contribution >= 4 is 30.3 Å². The van der Waals surface area contributed by atoms with Gasteiger partial charge in [-0.25, -0.2) is 4.79 Å².